The minimum absolute atomic E-state index is 0.209. The molecule has 7 nitrogen and oxygen atoms in total. The van der Waals surface area contributed by atoms with Crippen LogP contribution in [-0.4, -0.2) is 49.4 Å². The van der Waals surface area contributed by atoms with E-state index in [1.165, 1.54) is 0 Å². The monoisotopic (exact) mass is 460 g/mol. The second kappa shape index (κ2) is 11.4. The number of pyridine rings is 1. The molecule has 0 aliphatic carbocycles. The fraction of sp³-hybridized carbons (Fsp3) is 0.500. The zero-order chi connectivity index (χ0) is 23.0. The Labute approximate surface area is 190 Å². The molecular formula is C24H32N2O5S. The Bertz CT molecular complexity index is 964. The fourth-order valence-corrected chi connectivity index (χ4v) is 5.78. The van der Waals surface area contributed by atoms with Gasteiger partial charge in [-0.05, 0) is 68.1 Å². The lowest BCUT2D eigenvalue weighted by atomic mass is 9.96. The predicted molar refractivity (Wildman–Crippen MR) is 122 cm³/mol. The Kier molecular flexibility index (Phi) is 8.64. The van der Waals surface area contributed by atoms with E-state index in [1.54, 1.807) is 43.6 Å². The number of likely N-dealkylation sites (tertiary alicyclic amines) is 1. The van der Waals surface area contributed by atoms with Crippen LogP contribution in [-0.2, 0) is 25.9 Å². The number of carbonyl (C=O) groups is 1. The summed E-state index contributed by atoms with van der Waals surface area (Å²) in [7, 11) is -3.71. The molecule has 1 aliphatic rings. The van der Waals surface area contributed by atoms with Gasteiger partial charge in [0.15, 0.2) is 9.84 Å². The van der Waals surface area contributed by atoms with Crippen LogP contribution in [0, 0.1) is 5.92 Å². The third kappa shape index (κ3) is 6.07. The first kappa shape index (κ1) is 24.2. The first-order chi connectivity index (χ1) is 15.5. The smallest absolute Gasteiger partial charge is 0.309 e. The van der Waals surface area contributed by atoms with Crippen molar-refractivity contribution in [3.8, 4) is 5.75 Å². The molecule has 1 saturated heterocycles. The van der Waals surface area contributed by atoms with Crippen LogP contribution in [0.15, 0.2) is 53.7 Å². The van der Waals surface area contributed by atoms with Crippen molar-refractivity contribution in [2.75, 3.05) is 19.8 Å². The number of aromatic nitrogens is 1. The molecule has 32 heavy (non-hydrogen) atoms. The van der Waals surface area contributed by atoms with Crippen LogP contribution in [0.1, 0.15) is 45.1 Å². The lowest BCUT2D eigenvalue weighted by Gasteiger charge is -2.38. The van der Waals surface area contributed by atoms with Crippen LogP contribution in [0.2, 0.25) is 0 Å². The molecule has 0 amide bonds. The third-order valence-electron chi connectivity index (χ3n) is 5.69. The number of piperidine rings is 1. The van der Waals surface area contributed by atoms with Crippen molar-refractivity contribution in [1.82, 2.24) is 9.88 Å². The fourth-order valence-electron chi connectivity index (χ4n) is 3.89. The summed E-state index contributed by atoms with van der Waals surface area (Å²) in [5, 5.41) is -0.814. The first-order valence-electron chi connectivity index (χ1n) is 11.2. The highest BCUT2D eigenvalue weighted by atomic mass is 32.2. The van der Waals surface area contributed by atoms with E-state index < -0.39 is 21.1 Å². The van der Waals surface area contributed by atoms with Gasteiger partial charge in [-0.25, -0.2) is 8.42 Å². The molecule has 0 spiro atoms. The lowest BCUT2D eigenvalue weighted by Crippen LogP contribution is -2.48. The third-order valence-corrected chi connectivity index (χ3v) is 7.83. The highest BCUT2D eigenvalue weighted by molar-refractivity contribution is 7.92. The van der Waals surface area contributed by atoms with Crippen molar-refractivity contribution in [3.05, 3.63) is 54.4 Å². The zero-order valence-corrected chi connectivity index (χ0v) is 19.6. The minimum atomic E-state index is -3.71. The normalized spacial score (nSPS) is 19.4. The second-order valence-electron chi connectivity index (χ2n) is 7.97. The number of sulfone groups is 1. The highest BCUT2D eigenvalue weighted by Crippen LogP contribution is 2.32. The van der Waals surface area contributed by atoms with Gasteiger partial charge in [0.2, 0.25) is 0 Å². The van der Waals surface area contributed by atoms with Crippen LogP contribution in [0.25, 0.3) is 0 Å². The van der Waals surface area contributed by atoms with Crippen molar-refractivity contribution in [3.63, 3.8) is 0 Å². The maximum Gasteiger partial charge on any atom is 0.309 e. The van der Waals surface area contributed by atoms with Gasteiger partial charge in [-0.3, -0.25) is 14.7 Å². The summed E-state index contributed by atoms with van der Waals surface area (Å²) in [5.74, 6) is -0.102. The summed E-state index contributed by atoms with van der Waals surface area (Å²) in [6.07, 6.45) is 6.15. The van der Waals surface area contributed by atoms with E-state index in [9.17, 15) is 13.2 Å². The van der Waals surface area contributed by atoms with Gasteiger partial charge in [0, 0.05) is 25.5 Å². The van der Waals surface area contributed by atoms with Crippen LogP contribution in [0.4, 0.5) is 0 Å². The van der Waals surface area contributed by atoms with Gasteiger partial charge in [0.25, 0.3) is 0 Å². The van der Waals surface area contributed by atoms with Gasteiger partial charge in [-0.1, -0.05) is 13.3 Å². The van der Waals surface area contributed by atoms with E-state index in [4.69, 9.17) is 9.47 Å². The number of esters is 1. The Morgan fingerprint density at radius 1 is 1.12 bits per heavy atom. The number of carbonyl (C=O) groups excluding carboxylic acids is 1. The Balaban J connectivity index is 1.83. The number of unbranched alkanes of at least 4 members (excludes halogenated alkanes) is 1. The first-order valence-corrected chi connectivity index (χ1v) is 12.8. The minimum Gasteiger partial charge on any atom is -0.494 e. The van der Waals surface area contributed by atoms with Crippen LogP contribution >= 0.6 is 0 Å². The van der Waals surface area contributed by atoms with Crippen molar-refractivity contribution < 1.29 is 22.7 Å². The number of hydrogen-bond donors (Lipinski definition) is 0. The van der Waals surface area contributed by atoms with E-state index in [0.29, 0.717) is 31.9 Å². The van der Waals surface area contributed by atoms with E-state index in [1.807, 2.05) is 17.0 Å². The molecule has 174 valence electrons. The molecule has 2 unspecified atom stereocenters. The molecular weight excluding hydrogens is 428 g/mol. The van der Waals surface area contributed by atoms with E-state index >= 15 is 0 Å². The topological polar surface area (TPSA) is 85.8 Å². The molecule has 0 N–H and O–H groups in total. The van der Waals surface area contributed by atoms with Crippen LogP contribution in [0.3, 0.4) is 0 Å². The Morgan fingerprint density at radius 3 is 2.50 bits per heavy atom. The molecule has 8 heteroatoms. The van der Waals surface area contributed by atoms with Gasteiger partial charge < -0.3 is 9.47 Å². The number of hydrogen-bond acceptors (Lipinski definition) is 7. The maximum absolute atomic E-state index is 13.6. The molecule has 1 aromatic carbocycles. The van der Waals surface area contributed by atoms with Gasteiger partial charge >= 0.3 is 5.97 Å². The summed E-state index contributed by atoms with van der Waals surface area (Å²) < 4.78 is 38.1. The summed E-state index contributed by atoms with van der Waals surface area (Å²) in [6, 6.07) is 10.3. The quantitative estimate of drug-likeness (QED) is 0.393. The SMILES string of the molecule is CCCCOc1ccc(S(=O)(=O)C2CC(C(=O)OCC)CCN2Cc2ccncc2)cc1. The number of ether oxygens (including phenoxy) is 2. The molecule has 2 atom stereocenters. The molecule has 0 radical (unpaired) electrons. The number of benzene rings is 1. The summed E-state index contributed by atoms with van der Waals surface area (Å²) in [5.41, 5.74) is 0.981. The second-order valence-corrected chi connectivity index (χ2v) is 10.1. The highest BCUT2D eigenvalue weighted by Gasteiger charge is 2.41. The van der Waals surface area contributed by atoms with Crippen molar-refractivity contribution in [2.24, 2.45) is 5.92 Å². The average Bonchev–Trinajstić information content (AvgIpc) is 2.80. The van der Waals surface area contributed by atoms with Crippen LogP contribution < -0.4 is 4.74 Å². The van der Waals surface area contributed by atoms with E-state index in [0.717, 1.165) is 18.4 Å². The standard InChI is InChI=1S/C24H32N2O5S/c1-3-5-16-31-21-6-8-22(9-7-21)32(28,29)23-17-20(24(27)30-4-2)12-15-26(23)18-19-10-13-25-14-11-19/h6-11,13-14,20,23H,3-5,12,15-18H2,1-2H3. The molecule has 2 aromatic rings. The van der Waals surface area contributed by atoms with Crippen LogP contribution in [0.5, 0.6) is 5.75 Å². The molecule has 1 aliphatic heterocycles. The molecule has 1 fully saturated rings. The Hall–Kier alpha value is -2.45. The van der Waals surface area contributed by atoms with Gasteiger partial charge in [0.1, 0.15) is 11.1 Å². The van der Waals surface area contributed by atoms with E-state index in [-0.39, 0.29) is 23.9 Å². The average molecular weight is 461 g/mol. The van der Waals surface area contributed by atoms with Gasteiger partial charge in [0.05, 0.1) is 24.0 Å². The van der Waals surface area contributed by atoms with Crippen molar-refractivity contribution >= 4 is 15.8 Å². The molecule has 0 saturated carbocycles. The molecule has 3 rings (SSSR count). The largest absolute Gasteiger partial charge is 0.494 e. The van der Waals surface area contributed by atoms with Gasteiger partial charge in [-0.2, -0.15) is 0 Å². The zero-order valence-electron chi connectivity index (χ0n) is 18.8. The summed E-state index contributed by atoms with van der Waals surface area (Å²) in [4.78, 5) is 18.6. The number of nitrogens with zero attached hydrogens (tertiary/aromatic N) is 2. The maximum atomic E-state index is 13.6. The molecule has 1 aromatic heterocycles. The Morgan fingerprint density at radius 2 is 1.84 bits per heavy atom. The summed E-state index contributed by atoms with van der Waals surface area (Å²) in [6.45, 7) is 5.70. The van der Waals surface area contributed by atoms with Gasteiger partial charge in [-0.15, -0.1) is 0 Å². The van der Waals surface area contributed by atoms with Crippen molar-refractivity contribution in [2.45, 2.75) is 56.3 Å². The summed E-state index contributed by atoms with van der Waals surface area (Å²) >= 11 is 0. The van der Waals surface area contributed by atoms with E-state index in [2.05, 4.69) is 11.9 Å². The molecule has 0 bridgehead atoms. The van der Waals surface area contributed by atoms with Crippen molar-refractivity contribution in [1.29, 1.82) is 0 Å². The predicted octanol–water partition coefficient (Wildman–Crippen LogP) is 3.84. The number of rotatable bonds is 10. The lowest BCUT2D eigenvalue weighted by molar-refractivity contribution is -0.149. The molecule has 2 heterocycles.